The van der Waals surface area contributed by atoms with Crippen LogP contribution in [0.4, 0.5) is 23.2 Å². The fraction of sp³-hybridized carbons (Fsp3) is 0.214. The summed E-state index contributed by atoms with van der Waals surface area (Å²) in [5.74, 6) is -1.28. The molecule has 0 amide bonds. The van der Waals surface area contributed by atoms with Gasteiger partial charge in [-0.25, -0.2) is 4.39 Å². The molecule has 0 saturated heterocycles. The maximum absolute atomic E-state index is 13.1. The Balaban J connectivity index is 2.12. The highest BCUT2D eigenvalue weighted by Gasteiger charge is 2.34. The van der Waals surface area contributed by atoms with E-state index in [-0.39, 0.29) is 12.2 Å². The molecular formula is C14H12F4N2. The van der Waals surface area contributed by atoms with Crippen molar-refractivity contribution >= 4 is 5.69 Å². The fourth-order valence-corrected chi connectivity index (χ4v) is 1.65. The van der Waals surface area contributed by atoms with Crippen molar-refractivity contribution in [2.45, 2.75) is 19.6 Å². The van der Waals surface area contributed by atoms with Crippen LogP contribution in [0.2, 0.25) is 0 Å². The lowest BCUT2D eigenvalue weighted by Crippen LogP contribution is -2.09. The second kappa shape index (κ2) is 5.48. The van der Waals surface area contributed by atoms with Crippen molar-refractivity contribution in [1.82, 2.24) is 4.98 Å². The van der Waals surface area contributed by atoms with Gasteiger partial charge in [0.05, 0.1) is 17.8 Å². The number of aryl methyl sites for hydroxylation is 1. The first-order valence-electron chi connectivity index (χ1n) is 5.88. The van der Waals surface area contributed by atoms with Crippen LogP contribution in [0.15, 0.2) is 36.5 Å². The standard InChI is InChI=1S/C14H12F4N2/c1-9-2-3-11(19-7-9)8-20-10-4-5-13(15)12(6-10)14(16,17)18/h2-7,20H,8H2,1H3. The second-order valence-electron chi connectivity index (χ2n) is 4.37. The highest BCUT2D eigenvalue weighted by molar-refractivity contribution is 5.47. The minimum Gasteiger partial charge on any atom is -0.379 e. The van der Waals surface area contributed by atoms with Crippen LogP contribution >= 0.6 is 0 Å². The zero-order chi connectivity index (χ0) is 14.8. The summed E-state index contributed by atoms with van der Waals surface area (Å²) in [5.41, 5.74) is 0.601. The average Bonchev–Trinajstić information content (AvgIpc) is 2.38. The molecule has 0 aliphatic heterocycles. The summed E-state index contributed by atoms with van der Waals surface area (Å²) in [5, 5.41) is 2.79. The number of hydrogen-bond donors (Lipinski definition) is 1. The van der Waals surface area contributed by atoms with E-state index in [1.165, 1.54) is 6.07 Å². The second-order valence-corrected chi connectivity index (χ2v) is 4.37. The number of halogens is 4. The Morgan fingerprint density at radius 2 is 1.90 bits per heavy atom. The van der Waals surface area contributed by atoms with Crippen LogP contribution in [0, 0.1) is 12.7 Å². The molecule has 2 rings (SSSR count). The van der Waals surface area contributed by atoms with Crippen LogP contribution in [0.3, 0.4) is 0 Å². The number of nitrogens with zero attached hydrogens (tertiary/aromatic N) is 1. The van der Waals surface area contributed by atoms with Gasteiger partial charge in [0, 0.05) is 11.9 Å². The number of nitrogens with one attached hydrogen (secondary N) is 1. The number of alkyl halides is 3. The van der Waals surface area contributed by atoms with Crippen LogP contribution in [-0.2, 0) is 12.7 Å². The molecule has 1 aromatic carbocycles. The Bertz CT molecular complexity index is 591. The molecule has 0 aliphatic rings. The maximum Gasteiger partial charge on any atom is 0.419 e. The minimum absolute atomic E-state index is 0.195. The molecule has 1 N–H and O–H groups in total. The molecule has 2 nitrogen and oxygen atoms in total. The van der Waals surface area contributed by atoms with E-state index in [2.05, 4.69) is 10.3 Å². The number of benzene rings is 1. The van der Waals surface area contributed by atoms with Crippen molar-refractivity contribution in [3.8, 4) is 0 Å². The van der Waals surface area contributed by atoms with Gasteiger partial charge >= 0.3 is 6.18 Å². The molecule has 0 aliphatic carbocycles. The topological polar surface area (TPSA) is 24.9 Å². The zero-order valence-corrected chi connectivity index (χ0v) is 10.6. The van der Waals surface area contributed by atoms with Crippen LogP contribution < -0.4 is 5.32 Å². The van der Waals surface area contributed by atoms with Crippen molar-refractivity contribution in [3.63, 3.8) is 0 Å². The van der Waals surface area contributed by atoms with Gasteiger partial charge in [0.1, 0.15) is 5.82 Å². The van der Waals surface area contributed by atoms with Crippen LogP contribution in [0.1, 0.15) is 16.8 Å². The van der Waals surface area contributed by atoms with E-state index in [9.17, 15) is 17.6 Å². The molecule has 1 aromatic heterocycles. The van der Waals surface area contributed by atoms with E-state index in [1.807, 2.05) is 13.0 Å². The Morgan fingerprint density at radius 1 is 1.15 bits per heavy atom. The van der Waals surface area contributed by atoms with E-state index in [4.69, 9.17) is 0 Å². The molecule has 0 atom stereocenters. The summed E-state index contributed by atoms with van der Waals surface area (Å²) in [7, 11) is 0. The van der Waals surface area contributed by atoms with Gasteiger partial charge in [-0.1, -0.05) is 6.07 Å². The van der Waals surface area contributed by atoms with Gasteiger partial charge in [-0.2, -0.15) is 13.2 Å². The van der Waals surface area contributed by atoms with Crippen LogP contribution in [0.25, 0.3) is 0 Å². The maximum atomic E-state index is 13.1. The van der Waals surface area contributed by atoms with Crippen molar-refractivity contribution < 1.29 is 17.6 Å². The normalized spacial score (nSPS) is 11.4. The molecule has 106 valence electrons. The first-order valence-corrected chi connectivity index (χ1v) is 5.88. The molecule has 0 bridgehead atoms. The summed E-state index contributed by atoms with van der Waals surface area (Å²) < 4.78 is 50.8. The van der Waals surface area contributed by atoms with Gasteiger partial charge in [-0.05, 0) is 36.8 Å². The summed E-state index contributed by atoms with van der Waals surface area (Å²) in [4.78, 5) is 4.12. The van der Waals surface area contributed by atoms with Gasteiger partial charge in [0.15, 0.2) is 0 Å². The molecular weight excluding hydrogens is 272 g/mol. The lowest BCUT2D eigenvalue weighted by Gasteiger charge is -2.11. The van der Waals surface area contributed by atoms with Crippen LogP contribution in [-0.4, -0.2) is 4.98 Å². The molecule has 0 fully saturated rings. The molecule has 0 spiro atoms. The van der Waals surface area contributed by atoms with E-state index < -0.39 is 17.6 Å². The van der Waals surface area contributed by atoms with Gasteiger partial charge in [0.25, 0.3) is 0 Å². The van der Waals surface area contributed by atoms with Crippen molar-refractivity contribution in [3.05, 3.63) is 59.2 Å². The Hall–Kier alpha value is -2.11. The highest BCUT2D eigenvalue weighted by atomic mass is 19.4. The van der Waals surface area contributed by atoms with Crippen molar-refractivity contribution in [2.75, 3.05) is 5.32 Å². The number of rotatable bonds is 3. The average molecular weight is 284 g/mol. The monoisotopic (exact) mass is 284 g/mol. The molecule has 0 unspecified atom stereocenters. The highest BCUT2D eigenvalue weighted by Crippen LogP contribution is 2.33. The SMILES string of the molecule is Cc1ccc(CNc2ccc(F)c(C(F)(F)F)c2)nc1. The van der Waals surface area contributed by atoms with Gasteiger partial charge in [0.2, 0.25) is 0 Å². The summed E-state index contributed by atoms with van der Waals surface area (Å²) in [6.45, 7) is 2.16. The molecule has 1 heterocycles. The van der Waals surface area contributed by atoms with Gasteiger partial charge in [-0.15, -0.1) is 0 Å². The third-order valence-electron chi connectivity index (χ3n) is 2.72. The van der Waals surface area contributed by atoms with Crippen LogP contribution in [0.5, 0.6) is 0 Å². The molecule has 2 aromatic rings. The fourth-order valence-electron chi connectivity index (χ4n) is 1.65. The van der Waals surface area contributed by atoms with E-state index in [0.29, 0.717) is 5.69 Å². The van der Waals surface area contributed by atoms with E-state index >= 15 is 0 Å². The summed E-state index contributed by atoms with van der Waals surface area (Å²) >= 11 is 0. The number of pyridine rings is 1. The first kappa shape index (κ1) is 14.3. The lowest BCUT2D eigenvalue weighted by atomic mass is 10.1. The predicted molar refractivity (Wildman–Crippen MR) is 67.7 cm³/mol. The summed E-state index contributed by atoms with van der Waals surface area (Å²) in [6.07, 6.45) is -3.04. The number of anilines is 1. The third kappa shape index (κ3) is 3.46. The van der Waals surface area contributed by atoms with Gasteiger partial charge < -0.3 is 5.32 Å². The molecule has 20 heavy (non-hydrogen) atoms. The van der Waals surface area contributed by atoms with Gasteiger partial charge in [-0.3, -0.25) is 4.98 Å². The smallest absolute Gasteiger partial charge is 0.379 e. The largest absolute Gasteiger partial charge is 0.419 e. The van der Waals surface area contributed by atoms with E-state index in [1.54, 1.807) is 12.3 Å². The lowest BCUT2D eigenvalue weighted by molar-refractivity contribution is -0.139. The zero-order valence-electron chi connectivity index (χ0n) is 10.6. The molecule has 0 radical (unpaired) electrons. The third-order valence-corrected chi connectivity index (χ3v) is 2.72. The van der Waals surface area contributed by atoms with Crippen molar-refractivity contribution in [2.24, 2.45) is 0 Å². The Kier molecular flexibility index (Phi) is 3.92. The Labute approximate surface area is 113 Å². The molecule has 0 saturated carbocycles. The van der Waals surface area contributed by atoms with Crippen molar-refractivity contribution in [1.29, 1.82) is 0 Å². The molecule has 6 heteroatoms. The quantitative estimate of drug-likeness (QED) is 0.856. The Morgan fingerprint density at radius 3 is 2.50 bits per heavy atom. The predicted octanol–water partition coefficient (Wildman–Crippen LogP) is 4.16. The summed E-state index contributed by atoms with van der Waals surface area (Å²) in [6, 6.07) is 6.45. The first-order chi connectivity index (χ1) is 9.36. The number of hydrogen-bond acceptors (Lipinski definition) is 2. The number of aromatic nitrogens is 1. The minimum atomic E-state index is -4.70. The van der Waals surface area contributed by atoms with E-state index in [0.717, 1.165) is 17.7 Å².